The van der Waals surface area contributed by atoms with Crippen molar-refractivity contribution in [1.29, 1.82) is 0 Å². The van der Waals surface area contributed by atoms with Crippen molar-refractivity contribution in [2.75, 3.05) is 23.7 Å². The highest BCUT2D eigenvalue weighted by atomic mass is 15.1. The summed E-state index contributed by atoms with van der Waals surface area (Å²) >= 11 is 0. The van der Waals surface area contributed by atoms with Gasteiger partial charge in [-0.3, -0.25) is 0 Å². The SMILES string of the molecule is Cc1ccc(N)c(C)c1N1CC=CC1. The highest BCUT2D eigenvalue weighted by Gasteiger charge is 2.13. The van der Waals surface area contributed by atoms with Crippen molar-refractivity contribution in [2.45, 2.75) is 13.8 Å². The van der Waals surface area contributed by atoms with E-state index in [4.69, 9.17) is 5.73 Å². The number of hydrogen-bond acceptors (Lipinski definition) is 2. The van der Waals surface area contributed by atoms with Crippen LogP contribution in [0.4, 0.5) is 11.4 Å². The first-order valence-electron chi connectivity index (χ1n) is 4.96. The molecule has 0 fully saturated rings. The number of nitrogen functional groups attached to an aromatic ring is 1. The van der Waals surface area contributed by atoms with E-state index >= 15 is 0 Å². The van der Waals surface area contributed by atoms with E-state index in [1.54, 1.807) is 0 Å². The van der Waals surface area contributed by atoms with Gasteiger partial charge in [0.05, 0.1) is 0 Å². The van der Waals surface area contributed by atoms with Crippen LogP contribution in [-0.4, -0.2) is 13.1 Å². The molecule has 2 rings (SSSR count). The minimum atomic E-state index is 0.887. The Labute approximate surface area is 85.0 Å². The lowest BCUT2D eigenvalue weighted by atomic mass is 10.1. The summed E-state index contributed by atoms with van der Waals surface area (Å²) in [4.78, 5) is 2.35. The Morgan fingerprint density at radius 2 is 1.79 bits per heavy atom. The van der Waals surface area contributed by atoms with Crippen LogP contribution >= 0.6 is 0 Å². The third-order valence-electron chi connectivity index (χ3n) is 2.81. The Balaban J connectivity index is 2.45. The molecule has 74 valence electrons. The van der Waals surface area contributed by atoms with E-state index in [9.17, 15) is 0 Å². The van der Waals surface area contributed by atoms with Gasteiger partial charge in [0.1, 0.15) is 0 Å². The summed E-state index contributed by atoms with van der Waals surface area (Å²) in [6, 6.07) is 4.08. The molecule has 0 spiro atoms. The molecule has 0 amide bonds. The van der Waals surface area contributed by atoms with Crippen LogP contribution in [0.2, 0.25) is 0 Å². The summed E-state index contributed by atoms with van der Waals surface area (Å²) in [5.41, 5.74) is 10.6. The molecule has 0 aliphatic carbocycles. The Morgan fingerprint density at radius 3 is 2.43 bits per heavy atom. The fourth-order valence-electron chi connectivity index (χ4n) is 2.00. The first-order valence-corrected chi connectivity index (χ1v) is 4.96. The zero-order valence-electron chi connectivity index (χ0n) is 8.75. The van der Waals surface area contributed by atoms with Crippen molar-refractivity contribution in [3.8, 4) is 0 Å². The first kappa shape index (κ1) is 9.13. The average Bonchev–Trinajstić information content (AvgIpc) is 2.65. The van der Waals surface area contributed by atoms with Crippen molar-refractivity contribution in [1.82, 2.24) is 0 Å². The van der Waals surface area contributed by atoms with Gasteiger partial charge in [-0.25, -0.2) is 0 Å². The van der Waals surface area contributed by atoms with Gasteiger partial charge >= 0.3 is 0 Å². The fraction of sp³-hybridized carbons (Fsp3) is 0.333. The summed E-state index contributed by atoms with van der Waals surface area (Å²) < 4.78 is 0. The maximum absolute atomic E-state index is 5.91. The fourth-order valence-corrected chi connectivity index (χ4v) is 2.00. The van der Waals surface area contributed by atoms with Crippen LogP contribution in [0.15, 0.2) is 24.3 Å². The molecule has 0 saturated carbocycles. The molecule has 0 unspecified atom stereocenters. The predicted octanol–water partition coefficient (Wildman–Crippen LogP) is 2.26. The molecule has 1 aliphatic rings. The van der Waals surface area contributed by atoms with E-state index in [1.165, 1.54) is 16.8 Å². The second kappa shape index (κ2) is 3.37. The van der Waals surface area contributed by atoms with E-state index in [0.29, 0.717) is 0 Å². The zero-order valence-corrected chi connectivity index (χ0v) is 8.75. The highest BCUT2D eigenvalue weighted by Crippen LogP contribution is 2.29. The van der Waals surface area contributed by atoms with Gasteiger partial charge in [-0.2, -0.15) is 0 Å². The van der Waals surface area contributed by atoms with E-state index in [-0.39, 0.29) is 0 Å². The molecule has 1 aromatic carbocycles. The van der Waals surface area contributed by atoms with Crippen LogP contribution < -0.4 is 10.6 Å². The van der Waals surface area contributed by atoms with Crippen molar-refractivity contribution < 1.29 is 0 Å². The Morgan fingerprint density at radius 1 is 1.14 bits per heavy atom. The summed E-state index contributed by atoms with van der Waals surface area (Å²) in [7, 11) is 0. The topological polar surface area (TPSA) is 29.3 Å². The summed E-state index contributed by atoms with van der Waals surface area (Å²) in [5.74, 6) is 0. The van der Waals surface area contributed by atoms with Crippen molar-refractivity contribution >= 4 is 11.4 Å². The molecule has 2 N–H and O–H groups in total. The van der Waals surface area contributed by atoms with Gasteiger partial charge in [0, 0.05) is 24.5 Å². The molecule has 1 aliphatic heterocycles. The van der Waals surface area contributed by atoms with Gasteiger partial charge in [0.25, 0.3) is 0 Å². The largest absolute Gasteiger partial charge is 0.398 e. The third kappa shape index (κ3) is 1.37. The van der Waals surface area contributed by atoms with Gasteiger partial charge in [0.15, 0.2) is 0 Å². The second-order valence-corrected chi connectivity index (χ2v) is 3.82. The van der Waals surface area contributed by atoms with Gasteiger partial charge in [-0.15, -0.1) is 0 Å². The van der Waals surface area contributed by atoms with Gasteiger partial charge in [-0.05, 0) is 31.0 Å². The van der Waals surface area contributed by atoms with Gasteiger partial charge in [0.2, 0.25) is 0 Å². The number of hydrogen-bond donors (Lipinski definition) is 1. The Hall–Kier alpha value is -1.44. The summed E-state index contributed by atoms with van der Waals surface area (Å²) in [6.45, 7) is 6.24. The molecule has 1 aromatic rings. The maximum Gasteiger partial charge on any atom is 0.0451 e. The monoisotopic (exact) mass is 188 g/mol. The van der Waals surface area contributed by atoms with E-state index in [2.05, 4.69) is 37.0 Å². The van der Waals surface area contributed by atoms with Gasteiger partial charge < -0.3 is 10.6 Å². The first-order chi connectivity index (χ1) is 6.70. The van der Waals surface area contributed by atoms with E-state index in [0.717, 1.165) is 18.8 Å². The van der Waals surface area contributed by atoms with Crippen molar-refractivity contribution in [2.24, 2.45) is 0 Å². The molecule has 14 heavy (non-hydrogen) atoms. The zero-order chi connectivity index (χ0) is 10.1. The lowest BCUT2D eigenvalue weighted by Gasteiger charge is -2.23. The number of benzene rings is 1. The minimum absolute atomic E-state index is 0.887. The smallest absolute Gasteiger partial charge is 0.0451 e. The van der Waals surface area contributed by atoms with E-state index in [1.807, 2.05) is 6.07 Å². The van der Waals surface area contributed by atoms with Crippen LogP contribution in [0.3, 0.4) is 0 Å². The lowest BCUT2D eigenvalue weighted by Crippen LogP contribution is -2.21. The van der Waals surface area contributed by atoms with Gasteiger partial charge in [-0.1, -0.05) is 18.2 Å². The van der Waals surface area contributed by atoms with E-state index < -0.39 is 0 Å². The molecule has 2 heteroatoms. The number of nitrogens with zero attached hydrogens (tertiary/aromatic N) is 1. The molecule has 0 saturated heterocycles. The van der Waals surface area contributed by atoms with Crippen molar-refractivity contribution in [3.05, 3.63) is 35.4 Å². The molecule has 0 aromatic heterocycles. The molecule has 0 atom stereocenters. The van der Waals surface area contributed by atoms with Crippen LogP contribution in [0, 0.1) is 13.8 Å². The van der Waals surface area contributed by atoms with Crippen LogP contribution in [0.25, 0.3) is 0 Å². The highest BCUT2D eigenvalue weighted by molar-refractivity contribution is 5.69. The minimum Gasteiger partial charge on any atom is -0.398 e. The van der Waals surface area contributed by atoms with Crippen LogP contribution in [0.5, 0.6) is 0 Å². The number of nitrogens with two attached hydrogens (primary N) is 1. The predicted molar refractivity (Wildman–Crippen MR) is 61.7 cm³/mol. The molecular weight excluding hydrogens is 172 g/mol. The van der Waals surface area contributed by atoms with Crippen LogP contribution in [0.1, 0.15) is 11.1 Å². The van der Waals surface area contributed by atoms with Crippen molar-refractivity contribution in [3.63, 3.8) is 0 Å². The standard InChI is InChI=1S/C12H16N2/c1-9-5-6-11(13)10(2)12(9)14-7-3-4-8-14/h3-6H,7-8,13H2,1-2H3. The number of anilines is 2. The summed E-state index contributed by atoms with van der Waals surface area (Å²) in [5, 5.41) is 0. The average molecular weight is 188 g/mol. The lowest BCUT2D eigenvalue weighted by molar-refractivity contribution is 0.989. The molecule has 0 radical (unpaired) electrons. The number of aryl methyl sites for hydroxylation is 1. The molecular formula is C12H16N2. The molecule has 0 bridgehead atoms. The summed E-state index contributed by atoms with van der Waals surface area (Å²) in [6.07, 6.45) is 4.39. The second-order valence-electron chi connectivity index (χ2n) is 3.82. The Bertz CT molecular complexity index is 372. The Kier molecular flexibility index (Phi) is 2.20. The van der Waals surface area contributed by atoms with Crippen LogP contribution in [-0.2, 0) is 0 Å². The number of rotatable bonds is 1. The normalized spacial score (nSPS) is 15.1. The molecule has 2 nitrogen and oxygen atoms in total. The third-order valence-corrected chi connectivity index (χ3v) is 2.81. The molecule has 1 heterocycles. The maximum atomic E-state index is 5.91. The quantitative estimate of drug-likeness (QED) is 0.541.